The first-order valence-corrected chi connectivity index (χ1v) is 10.1. The summed E-state index contributed by atoms with van der Waals surface area (Å²) >= 11 is 1.41. The molecule has 0 radical (unpaired) electrons. The van der Waals surface area contributed by atoms with Crippen molar-refractivity contribution in [3.8, 4) is 0 Å². The van der Waals surface area contributed by atoms with E-state index >= 15 is 0 Å². The molecule has 2 aromatic heterocycles. The van der Waals surface area contributed by atoms with E-state index in [0.717, 1.165) is 31.2 Å². The Hall–Kier alpha value is -2.42. The minimum absolute atomic E-state index is 0.0219. The van der Waals surface area contributed by atoms with E-state index in [0.29, 0.717) is 5.56 Å². The molecule has 1 unspecified atom stereocenters. The van der Waals surface area contributed by atoms with Gasteiger partial charge in [0.2, 0.25) is 5.91 Å². The third-order valence-corrected chi connectivity index (χ3v) is 5.06. The van der Waals surface area contributed by atoms with Crippen LogP contribution in [-0.4, -0.2) is 33.3 Å². The van der Waals surface area contributed by atoms with Crippen molar-refractivity contribution in [3.05, 3.63) is 52.0 Å². The largest absolute Gasteiger partial charge is 0.433 e. The SMILES string of the molecule is CC(C)(C)NC(=O)C(c1ccsc1)N(C(=O)c1ccc(C(F)(F)F)nc1)C1CC1. The van der Waals surface area contributed by atoms with E-state index in [1.807, 2.05) is 26.2 Å². The van der Waals surface area contributed by atoms with E-state index in [4.69, 9.17) is 0 Å². The Morgan fingerprint density at radius 3 is 2.34 bits per heavy atom. The molecule has 0 bridgehead atoms. The molecule has 1 aliphatic carbocycles. The van der Waals surface area contributed by atoms with Crippen LogP contribution in [0.4, 0.5) is 13.2 Å². The first-order chi connectivity index (χ1) is 13.5. The molecule has 0 aliphatic heterocycles. The van der Waals surface area contributed by atoms with Gasteiger partial charge in [-0.05, 0) is 68.1 Å². The number of aromatic nitrogens is 1. The number of halogens is 3. The molecule has 2 heterocycles. The molecule has 1 N–H and O–H groups in total. The molecule has 1 atom stereocenters. The lowest BCUT2D eigenvalue weighted by Gasteiger charge is -2.33. The first kappa shape index (κ1) is 21.3. The highest BCUT2D eigenvalue weighted by Gasteiger charge is 2.42. The van der Waals surface area contributed by atoms with Gasteiger partial charge in [-0.2, -0.15) is 24.5 Å². The normalized spacial score (nSPS) is 15.7. The van der Waals surface area contributed by atoms with E-state index in [2.05, 4.69) is 10.3 Å². The van der Waals surface area contributed by atoms with Crippen LogP contribution in [0.3, 0.4) is 0 Å². The number of rotatable bonds is 5. The van der Waals surface area contributed by atoms with Crippen LogP contribution < -0.4 is 5.32 Å². The third-order valence-electron chi connectivity index (χ3n) is 4.36. The van der Waals surface area contributed by atoms with Gasteiger partial charge < -0.3 is 10.2 Å². The fourth-order valence-corrected chi connectivity index (χ4v) is 3.67. The molecule has 2 amide bonds. The molecular formula is C20H22F3N3O2S. The summed E-state index contributed by atoms with van der Waals surface area (Å²) in [7, 11) is 0. The van der Waals surface area contributed by atoms with Gasteiger partial charge in [0.15, 0.2) is 0 Å². The number of carbonyl (C=O) groups is 2. The maximum atomic E-state index is 13.2. The zero-order valence-corrected chi connectivity index (χ0v) is 17.1. The van der Waals surface area contributed by atoms with Gasteiger partial charge in [-0.1, -0.05) is 0 Å². The van der Waals surface area contributed by atoms with Crippen LogP contribution in [0.1, 0.15) is 61.3 Å². The van der Waals surface area contributed by atoms with Crippen LogP contribution in [0, 0.1) is 0 Å². The molecule has 2 aromatic rings. The van der Waals surface area contributed by atoms with Crippen molar-refractivity contribution in [2.45, 2.75) is 57.4 Å². The van der Waals surface area contributed by atoms with Gasteiger partial charge in [0.1, 0.15) is 11.7 Å². The maximum absolute atomic E-state index is 13.2. The highest BCUT2D eigenvalue weighted by molar-refractivity contribution is 7.08. The fourth-order valence-electron chi connectivity index (χ4n) is 2.99. The second kappa shape index (κ2) is 7.78. The average molecular weight is 425 g/mol. The van der Waals surface area contributed by atoms with E-state index in [1.54, 1.807) is 11.4 Å². The smallest absolute Gasteiger partial charge is 0.349 e. The van der Waals surface area contributed by atoms with Gasteiger partial charge >= 0.3 is 6.18 Å². The van der Waals surface area contributed by atoms with Crippen molar-refractivity contribution in [1.29, 1.82) is 0 Å². The molecule has 1 fully saturated rings. The van der Waals surface area contributed by atoms with Crippen LogP contribution >= 0.6 is 11.3 Å². The second-order valence-corrected chi connectivity index (χ2v) is 8.85. The number of nitrogens with one attached hydrogen (secondary N) is 1. The number of carbonyl (C=O) groups excluding carboxylic acids is 2. The molecule has 0 aromatic carbocycles. The molecule has 3 rings (SSSR count). The van der Waals surface area contributed by atoms with Gasteiger partial charge in [-0.15, -0.1) is 0 Å². The molecule has 9 heteroatoms. The molecule has 1 saturated carbocycles. The van der Waals surface area contributed by atoms with Gasteiger partial charge in [0.05, 0.1) is 5.56 Å². The zero-order valence-electron chi connectivity index (χ0n) is 16.3. The van der Waals surface area contributed by atoms with E-state index in [-0.39, 0.29) is 17.5 Å². The zero-order chi connectivity index (χ0) is 21.4. The summed E-state index contributed by atoms with van der Waals surface area (Å²) < 4.78 is 38.4. The molecule has 1 aliphatic rings. The number of hydrogen-bond acceptors (Lipinski definition) is 4. The summed E-state index contributed by atoms with van der Waals surface area (Å²) in [5.74, 6) is -0.829. The summed E-state index contributed by atoms with van der Waals surface area (Å²) in [6.45, 7) is 5.54. The molecule has 5 nitrogen and oxygen atoms in total. The molecule has 0 saturated heterocycles. The Labute approximate surface area is 170 Å². The Morgan fingerprint density at radius 2 is 1.90 bits per heavy atom. The molecular weight excluding hydrogens is 403 g/mol. The predicted octanol–water partition coefficient (Wildman–Crippen LogP) is 4.42. The number of hydrogen-bond donors (Lipinski definition) is 1. The van der Waals surface area contributed by atoms with E-state index in [1.165, 1.54) is 16.2 Å². The van der Waals surface area contributed by atoms with Crippen LogP contribution in [0.25, 0.3) is 0 Å². The van der Waals surface area contributed by atoms with Crippen molar-refractivity contribution in [3.63, 3.8) is 0 Å². The third kappa shape index (κ3) is 5.14. The summed E-state index contributed by atoms with van der Waals surface area (Å²) in [5, 5.41) is 6.54. The summed E-state index contributed by atoms with van der Waals surface area (Å²) in [6.07, 6.45) is -2.18. The van der Waals surface area contributed by atoms with Crippen molar-refractivity contribution in [2.75, 3.05) is 0 Å². The van der Waals surface area contributed by atoms with E-state index in [9.17, 15) is 22.8 Å². The Balaban J connectivity index is 1.95. The monoisotopic (exact) mass is 425 g/mol. The van der Waals surface area contributed by atoms with Gasteiger partial charge in [0.25, 0.3) is 5.91 Å². The molecule has 29 heavy (non-hydrogen) atoms. The Morgan fingerprint density at radius 1 is 1.21 bits per heavy atom. The lowest BCUT2D eigenvalue weighted by molar-refractivity contribution is -0.141. The van der Waals surface area contributed by atoms with Crippen molar-refractivity contribution >= 4 is 23.2 Å². The quantitative estimate of drug-likeness (QED) is 0.771. The number of alkyl halides is 3. The number of thiophene rings is 1. The predicted molar refractivity (Wildman–Crippen MR) is 103 cm³/mol. The van der Waals surface area contributed by atoms with Crippen LogP contribution in [0.15, 0.2) is 35.2 Å². The summed E-state index contributed by atoms with van der Waals surface area (Å²) in [4.78, 5) is 31.2. The van der Waals surface area contributed by atoms with E-state index < -0.39 is 29.4 Å². The van der Waals surface area contributed by atoms with Crippen LogP contribution in [0.5, 0.6) is 0 Å². The average Bonchev–Trinajstić information content (AvgIpc) is 3.30. The minimum atomic E-state index is -4.58. The van der Waals surface area contributed by atoms with Crippen LogP contribution in [-0.2, 0) is 11.0 Å². The summed E-state index contributed by atoms with van der Waals surface area (Å²) in [6, 6.07) is 2.68. The van der Waals surface area contributed by atoms with Crippen molar-refractivity contribution < 1.29 is 22.8 Å². The minimum Gasteiger partial charge on any atom is -0.349 e. The van der Waals surface area contributed by atoms with Gasteiger partial charge in [-0.3, -0.25) is 14.6 Å². The Bertz CT molecular complexity index is 870. The lowest BCUT2D eigenvalue weighted by atomic mass is 10.0. The number of nitrogens with zero attached hydrogens (tertiary/aromatic N) is 2. The highest BCUT2D eigenvalue weighted by atomic mass is 32.1. The van der Waals surface area contributed by atoms with Gasteiger partial charge in [0, 0.05) is 17.8 Å². The lowest BCUT2D eigenvalue weighted by Crippen LogP contribution is -2.49. The van der Waals surface area contributed by atoms with Gasteiger partial charge in [-0.25, -0.2) is 0 Å². The van der Waals surface area contributed by atoms with Crippen molar-refractivity contribution in [2.24, 2.45) is 0 Å². The molecule has 156 valence electrons. The maximum Gasteiger partial charge on any atom is 0.433 e. The van der Waals surface area contributed by atoms with Crippen LogP contribution in [0.2, 0.25) is 0 Å². The first-order valence-electron chi connectivity index (χ1n) is 9.17. The number of amides is 2. The summed E-state index contributed by atoms with van der Waals surface area (Å²) in [5.41, 5.74) is -0.864. The number of pyridine rings is 1. The Kier molecular flexibility index (Phi) is 5.71. The van der Waals surface area contributed by atoms with Crippen molar-refractivity contribution in [1.82, 2.24) is 15.2 Å². The fraction of sp³-hybridized carbons (Fsp3) is 0.450. The second-order valence-electron chi connectivity index (χ2n) is 8.07. The topological polar surface area (TPSA) is 62.3 Å². The standard InChI is InChI=1S/C20H22F3N3O2S/c1-19(2,3)25-17(27)16(13-8-9-29-11-13)26(14-5-6-14)18(28)12-4-7-15(24-10-12)20(21,22)23/h4,7-11,14,16H,5-6H2,1-3H3,(H,25,27). The molecule has 0 spiro atoms. The highest BCUT2D eigenvalue weighted by Crippen LogP contribution is 2.37.